The molecule has 0 bridgehead atoms. The quantitative estimate of drug-likeness (QED) is 0.587. The van der Waals surface area contributed by atoms with Gasteiger partial charge in [0.1, 0.15) is 0 Å². The maximum atomic E-state index is 6.10. The molecule has 0 rings (SSSR count). The van der Waals surface area contributed by atoms with Gasteiger partial charge in [-0.25, -0.2) is 0 Å². The summed E-state index contributed by atoms with van der Waals surface area (Å²) in [6.07, 6.45) is 0. The monoisotopic (exact) mass is 278 g/mol. The molecule has 0 saturated heterocycles. The predicted molar refractivity (Wildman–Crippen MR) is 14.5 cm³/mol. The molecule has 0 aliphatic carbocycles. The summed E-state index contributed by atoms with van der Waals surface area (Å²) in [6, 6.07) is 0. The van der Waals surface area contributed by atoms with E-state index in [1.54, 1.807) is 0 Å². The average molecular weight is 278 g/mol. The Hall–Kier alpha value is 1.23. The predicted octanol–water partition coefficient (Wildman–Crippen LogP) is 0.868. The van der Waals surface area contributed by atoms with Crippen molar-refractivity contribution in [1.82, 2.24) is 0 Å². The standard InChI is InChI=1S/C2H5N.V.W/c1-2-3;;/h3H,1-2H2;;/q-2;;. The van der Waals surface area contributed by atoms with Gasteiger partial charge in [0.25, 0.3) is 0 Å². The van der Waals surface area contributed by atoms with E-state index in [2.05, 4.69) is 6.92 Å². The second kappa shape index (κ2) is 18.8. The Morgan fingerprint density at radius 3 is 1.60 bits per heavy atom. The van der Waals surface area contributed by atoms with Crippen molar-refractivity contribution in [2.24, 2.45) is 0 Å². The molecule has 0 aliphatic heterocycles. The Morgan fingerprint density at radius 1 is 1.60 bits per heavy atom. The molecule has 0 aromatic carbocycles. The summed E-state index contributed by atoms with van der Waals surface area (Å²) in [5.74, 6) is 0. The van der Waals surface area contributed by atoms with Crippen molar-refractivity contribution in [3.05, 3.63) is 12.7 Å². The third-order valence-electron chi connectivity index (χ3n) is 0. The van der Waals surface area contributed by atoms with Gasteiger partial charge in [0.05, 0.1) is 0 Å². The molecule has 0 aromatic heterocycles. The Balaban J connectivity index is -0.0000000200. The van der Waals surface area contributed by atoms with Crippen molar-refractivity contribution < 1.29 is 39.6 Å². The van der Waals surface area contributed by atoms with E-state index in [9.17, 15) is 0 Å². The first kappa shape index (κ1) is 16.3. The van der Waals surface area contributed by atoms with Crippen LogP contribution in [0.1, 0.15) is 0 Å². The van der Waals surface area contributed by atoms with Gasteiger partial charge in [-0.15, -0.1) is 0 Å². The molecule has 31 valence electrons. The topological polar surface area (TPSA) is 23.8 Å². The van der Waals surface area contributed by atoms with E-state index in [4.69, 9.17) is 5.73 Å². The normalized spacial score (nSPS) is 3.60. The molecule has 1 radical (unpaired) electrons. The Morgan fingerprint density at radius 2 is 1.60 bits per heavy atom. The van der Waals surface area contributed by atoms with Gasteiger partial charge < -0.3 is 12.7 Å². The Labute approximate surface area is 58.8 Å². The van der Waals surface area contributed by atoms with Crippen LogP contribution < -0.4 is 0 Å². The van der Waals surface area contributed by atoms with E-state index in [1.807, 2.05) is 0 Å². The van der Waals surface area contributed by atoms with Crippen LogP contribution in [0.25, 0.3) is 5.73 Å². The van der Waals surface area contributed by atoms with Crippen LogP contribution in [0.4, 0.5) is 0 Å². The van der Waals surface area contributed by atoms with E-state index in [0.717, 1.165) is 0 Å². The zero-order valence-electron chi connectivity index (χ0n) is 2.77. The molecule has 0 fully saturated rings. The van der Waals surface area contributed by atoms with E-state index < -0.39 is 0 Å². The average Bonchev–Trinajstić information content (AvgIpc) is 0.918. The molecule has 0 atom stereocenters. The molecule has 5 heavy (non-hydrogen) atoms. The summed E-state index contributed by atoms with van der Waals surface area (Å²) >= 11 is 0. The van der Waals surface area contributed by atoms with E-state index in [-0.39, 0.29) is 46.2 Å². The van der Waals surface area contributed by atoms with Gasteiger partial charge in [0.15, 0.2) is 0 Å². The van der Waals surface area contributed by atoms with Crippen molar-refractivity contribution in [3.8, 4) is 0 Å². The molecule has 0 saturated carbocycles. The molecule has 1 N–H and O–H groups in total. The van der Waals surface area contributed by atoms with Crippen LogP contribution in [-0.2, 0) is 39.6 Å². The number of nitrogens with one attached hydrogen (secondary N) is 1. The third-order valence-corrected chi connectivity index (χ3v) is 0. The third kappa shape index (κ3) is 36.0. The maximum absolute atomic E-state index is 6.10. The van der Waals surface area contributed by atoms with E-state index >= 15 is 0 Å². The second-order valence-corrected chi connectivity index (χ2v) is 0.250. The molecular weight excluding hydrogens is 273 g/mol. The molecule has 0 aromatic rings. The zero-order valence-corrected chi connectivity index (χ0v) is 7.10. The first-order valence-electron chi connectivity index (χ1n) is 0.854. The summed E-state index contributed by atoms with van der Waals surface area (Å²) < 4.78 is 0. The summed E-state index contributed by atoms with van der Waals surface area (Å²) in [4.78, 5) is 0. The number of hydrogen-bond donors (Lipinski definition) is 0. The minimum Gasteiger partial charge on any atom is -0.704 e. The SMILES string of the molecule is [CH2-]C[NH-].[V].[W]. The molecule has 0 amide bonds. The van der Waals surface area contributed by atoms with Crippen LogP contribution in [-0.4, -0.2) is 6.54 Å². The van der Waals surface area contributed by atoms with Crippen LogP contribution >= 0.6 is 0 Å². The summed E-state index contributed by atoms with van der Waals surface area (Å²) in [5.41, 5.74) is 6.10. The summed E-state index contributed by atoms with van der Waals surface area (Å²) in [6.45, 7) is 3.40. The zero-order chi connectivity index (χ0) is 2.71. The summed E-state index contributed by atoms with van der Waals surface area (Å²) in [7, 11) is 0. The van der Waals surface area contributed by atoms with Crippen LogP contribution in [0.2, 0.25) is 0 Å². The molecule has 0 unspecified atom stereocenters. The first-order valence-corrected chi connectivity index (χ1v) is 0.854. The van der Waals surface area contributed by atoms with Gasteiger partial charge in [-0.1, -0.05) is 0 Å². The molecule has 0 spiro atoms. The smallest absolute Gasteiger partial charge is 0 e. The van der Waals surface area contributed by atoms with Crippen LogP contribution in [0.3, 0.4) is 0 Å². The largest absolute Gasteiger partial charge is 0.704 e. The molecule has 0 heterocycles. The maximum Gasteiger partial charge on any atom is 0 e. The fraction of sp³-hybridized carbons (Fsp3) is 0.500. The van der Waals surface area contributed by atoms with E-state index in [1.165, 1.54) is 0 Å². The van der Waals surface area contributed by atoms with Gasteiger partial charge >= 0.3 is 0 Å². The molecule has 1 nitrogen and oxygen atoms in total. The fourth-order valence-electron chi connectivity index (χ4n) is 0. The van der Waals surface area contributed by atoms with Crippen LogP contribution in [0, 0.1) is 6.92 Å². The fourth-order valence-corrected chi connectivity index (χ4v) is 0. The Bertz CT molecular complexity index is 9.61. The first-order chi connectivity index (χ1) is 1.41. The Kier molecular flexibility index (Phi) is 61.4. The van der Waals surface area contributed by atoms with E-state index in [0.29, 0.717) is 0 Å². The van der Waals surface area contributed by atoms with Crippen molar-refractivity contribution >= 4 is 0 Å². The van der Waals surface area contributed by atoms with Crippen molar-refractivity contribution in [2.75, 3.05) is 6.54 Å². The van der Waals surface area contributed by atoms with Crippen LogP contribution in [0.15, 0.2) is 0 Å². The molecule has 0 aliphatic rings. The van der Waals surface area contributed by atoms with Crippen molar-refractivity contribution in [3.63, 3.8) is 0 Å². The molecular formula is C2H5NVW-2. The van der Waals surface area contributed by atoms with Gasteiger partial charge in [-0.2, -0.15) is 0 Å². The van der Waals surface area contributed by atoms with Gasteiger partial charge in [0.2, 0.25) is 0 Å². The van der Waals surface area contributed by atoms with Crippen molar-refractivity contribution in [2.45, 2.75) is 0 Å². The van der Waals surface area contributed by atoms with Crippen molar-refractivity contribution in [1.29, 1.82) is 0 Å². The summed E-state index contributed by atoms with van der Waals surface area (Å²) in [5, 5.41) is 0. The number of hydrogen-bond acceptors (Lipinski definition) is 0. The van der Waals surface area contributed by atoms with Gasteiger partial charge in [0, 0.05) is 39.6 Å². The minimum absolute atomic E-state index is 0. The molecule has 3 heteroatoms. The van der Waals surface area contributed by atoms with Crippen LogP contribution in [0.5, 0.6) is 0 Å². The van der Waals surface area contributed by atoms with Gasteiger partial charge in [-0.05, 0) is 0 Å². The van der Waals surface area contributed by atoms with Gasteiger partial charge in [-0.3, -0.25) is 6.54 Å². The minimum atomic E-state index is 0. The number of rotatable bonds is 0. The second-order valence-electron chi connectivity index (χ2n) is 0.250.